The van der Waals surface area contributed by atoms with Crippen molar-refractivity contribution in [3.8, 4) is 0 Å². The predicted molar refractivity (Wildman–Crippen MR) is 89.2 cm³/mol. The number of rotatable bonds is 6. The van der Waals surface area contributed by atoms with E-state index in [2.05, 4.69) is 15.7 Å². The molecule has 1 amide bonds. The molecule has 0 fully saturated rings. The molecule has 0 atom stereocenters. The van der Waals surface area contributed by atoms with Gasteiger partial charge in [0, 0.05) is 11.2 Å². The number of amides is 1. The van der Waals surface area contributed by atoms with Crippen molar-refractivity contribution in [1.82, 2.24) is 10.4 Å². The summed E-state index contributed by atoms with van der Waals surface area (Å²) in [5.41, 5.74) is 4.21. The quantitative estimate of drug-likeness (QED) is 0.329. The molecule has 0 aliphatic rings. The third-order valence-corrected chi connectivity index (χ3v) is 3.27. The topological polar surface area (TPSA) is 80.0 Å². The Labute approximate surface area is 134 Å². The van der Waals surface area contributed by atoms with Gasteiger partial charge < -0.3 is 10.7 Å². The number of halogens is 1. The van der Waals surface area contributed by atoms with Gasteiger partial charge in [-0.3, -0.25) is 15.6 Å². The van der Waals surface area contributed by atoms with Gasteiger partial charge in [0.15, 0.2) is 0 Å². The highest BCUT2D eigenvalue weighted by Crippen LogP contribution is 2.15. The first-order valence-corrected chi connectivity index (χ1v) is 7.03. The van der Waals surface area contributed by atoms with Crippen molar-refractivity contribution >= 4 is 30.5 Å². The van der Waals surface area contributed by atoms with Gasteiger partial charge in [0.05, 0.1) is 11.9 Å². The van der Waals surface area contributed by atoms with Crippen molar-refractivity contribution in [3.63, 3.8) is 0 Å². The SMILES string of the molecule is NN/C(=C\[B]Cc1ccccc1Cl)C(=O)Nc1cccnc1. The van der Waals surface area contributed by atoms with Crippen LogP contribution >= 0.6 is 11.6 Å². The van der Waals surface area contributed by atoms with Crippen LogP contribution in [0.25, 0.3) is 0 Å². The van der Waals surface area contributed by atoms with Gasteiger partial charge in [-0.2, -0.15) is 0 Å². The zero-order valence-electron chi connectivity index (χ0n) is 11.8. The third-order valence-electron chi connectivity index (χ3n) is 2.90. The molecule has 5 nitrogen and oxygen atoms in total. The summed E-state index contributed by atoms with van der Waals surface area (Å²) >= 11 is 6.08. The molecule has 1 radical (unpaired) electrons. The lowest BCUT2D eigenvalue weighted by atomic mass is 9.71. The molecule has 111 valence electrons. The highest BCUT2D eigenvalue weighted by molar-refractivity contribution is 6.43. The van der Waals surface area contributed by atoms with Crippen molar-refractivity contribution in [3.05, 3.63) is 71.1 Å². The Hall–Kier alpha value is -2.31. The summed E-state index contributed by atoms with van der Waals surface area (Å²) in [4.78, 5) is 16.0. The van der Waals surface area contributed by atoms with E-state index in [1.807, 2.05) is 31.5 Å². The number of carbonyl (C=O) groups is 1. The van der Waals surface area contributed by atoms with Gasteiger partial charge in [-0.25, -0.2) is 0 Å². The van der Waals surface area contributed by atoms with Crippen molar-refractivity contribution < 1.29 is 4.79 Å². The Kier molecular flexibility index (Phi) is 6.00. The molecule has 2 aromatic rings. The van der Waals surface area contributed by atoms with Crippen LogP contribution in [-0.4, -0.2) is 18.2 Å². The van der Waals surface area contributed by atoms with Gasteiger partial charge in [-0.15, -0.1) is 0 Å². The van der Waals surface area contributed by atoms with Gasteiger partial charge in [0.1, 0.15) is 13.0 Å². The second kappa shape index (κ2) is 8.21. The molecule has 2 rings (SSSR count). The maximum atomic E-state index is 12.1. The molecule has 0 spiro atoms. The molecule has 0 saturated carbocycles. The molecular formula is C15H15BClN4O. The van der Waals surface area contributed by atoms with Crippen molar-refractivity contribution in [2.45, 2.75) is 6.32 Å². The molecule has 4 N–H and O–H groups in total. The first-order valence-electron chi connectivity index (χ1n) is 6.65. The first-order chi connectivity index (χ1) is 10.7. The van der Waals surface area contributed by atoms with Crippen LogP contribution in [0.4, 0.5) is 5.69 Å². The predicted octanol–water partition coefficient (Wildman–Crippen LogP) is 1.88. The molecule has 0 unspecified atom stereocenters. The van der Waals surface area contributed by atoms with E-state index < -0.39 is 0 Å². The zero-order valence-corrected chi connectivity index (χ0v) is 12.5. The molecule has 1 aromatic heterocycles. The largest absolute Gasteiger partial charge is 0.320 e. The molecule has 0 aliphatic heterocycles. The van der Waals surface area contributed by atoms with Gasteiger partial charge in [0.2, 0.25) is 0 Å². The Morgan fingerprint density at radius 2 is 2.14 bits per heavy atom. The Morgan fingerprint density at radius 1 is 1.32 bits per heavy atom. The number of hydrogen-bond acceptors (Lipinski definition) is 4. The van der Waals surface area contributed by atoms with Gasteiger partial charge in [-0.05, 0) is 30.1 Å². The summed E-state index contributed by atoms with van der Waals surface area (Å²) in [5.74, 6) is 6.67. The fourth-order valence-corrected chi connectivity index (χ4v) is 2.01. The number of pyridine rings is 1. The van der Waals surface area contributed by atoms with Gasteiger partial charge in [-0.1, -0.05) is 35.8 Å². The van der Waals surface area contributed by atoms with E-state index in [-0.39, 0.29) is 11.6 Å². The van der Waals surface area contributed by atoms with Crippen molar-refractivity contribution in [2.75, 3.05) is 5.32 Å². The number of anilines is 1. The number of nitrogens with zero attached hydrogens (tertiary/aromatic N) is 1. The van der Waals surface area contributed by atoms with E-state index in [4.69, 9.17) is 17.4 Å². The van der Waals surface area contributed by atoms with Gasteiger partial charge in [0.25, 0.3) is 5.91 Å². The highest BCUT2D eigenvalue weighted by atomic mass is 35.5. The van der Waals surface area contributed by atoms with Crippen molar-refractivity contribution in [1.29, 1.82) is 0 Å². The molecule has 0 saturated heterocycles. The molecular weight excluding hydrogens is 298 g/mol. The minimum atomic E-state index is -0.342. The number of aromatic nitrogens is 1. The summed E-state index contributed by atoms with van der Waals surface area (Å²) < 4.78 is 0. The van der Waals surface area contributed by atoms with Crippen LogP contribution in [0.1, 0.15) is 5.56 Å². The fourth-order valence-electron chi connectivity index (χ4n) is 1.79. The lowest BCUT2D eigenvalue weighted by Crippen LogP contribution is -2.31. The van der Waals surface area contributed by atoms with Crippen LogP contribution < -0.4 is 16.6 Å². The van der Waals surface area contributed by atoms with E-state index in [0.29, 0.717) is 17.0 Å². The number of nitrogens with two attached hydrogens (primary N) is 1. The van der Waals surface area contributed by atoms with E-state index in [1.165, 1.54) is 0 Å². The minimum Gasteiger partial charge on any atom is -0.320 e. The van der Waals surface area contributed by atoms with Crippen LogP contribution in [0.15, 0.2) is 60.5 Å². The maximum Gasteiger partial charge on any atom is 0.271 e. The second-order valence-electron chi connectivity index (χ2n) is 4.45. The minimum absolute atomic E-state index is 0.246. The molecule has 7 heteroatoms. The zero-order chi connectivity index (χ0) is 15.8. The smallest absolute Gasteiger partial charge is 0.271 e. The lowest BCUT2D eigenvalue weighted by molar-refractivity contribution is -0.113. The Balaban J connectivity index is 1.95. The summed E-state index contributed by atoms with van der Waals surface area (Å²) in [6.07, 6.45) is 3.79. The van der Waals surface area contributed by atoms with Crippen LogP contribution in [-0.2, 0) is 11.1 Å². The lowest BCUT2D eigenvalue weighted by Gasteiger charge is -2.08. The van der Waals surface area contributed by atoms with Gasteiger partial charge >= 0.3 is 0 Å². The molecule has 1 aromatic carbocycles. The van der Waals surface area contributed by atoms with Crippen LogP contribution in [0.3, 0.4) is 0 Å². The summed E-state index contributed by atoms with van der Waals surface area (Å²) in [7, 11) is 1.82. The van der Waals surface area contributed by atoms with E-state index >= 15 is 0 Å². The number of hydrazine groups is 1. The first kappa shape index (κ1) is 16.1. The summed E-state index contributed by atoms with van der Waals surface area (Å²) in [5, 5.41) is 3.38. The molecule has 22 heavy (non-hydrogen) atoms. The van der Waals surface area contributed by atoms with E-state index in [0.717, 1.165) is 5.56 Å². The standard InChI is InChI=1S/C15H15BClN4O/c17-13-6-2-1-4-11(13)8-16-9-14(21-18)15(22)20-12-5-3-7-19-10-12/h1-7,9-10,21H,8,18H2,(H,20,22)/b14-9-. The van der Waals surface area contributed by atoms with Crippen LogP contribution in [0, 0.1) is 0 Å². The van der Waals surface area contributed by atoms with E-state index in [1.54, 1.807) is 30.5 Å². The van der Waals surface area contributed by atoms with Crippen LogP contribution in [0.5, 0.6) is 0 Å². The summed E-state index contributed by atoms with van der Waals surface area (Å²) in [6, 6.07) is 11.0. The average molecular weight is 314 g/mol. The third kappa shape index (κ3) is 4.61. The maximum absolute atomic E-state index is 12.1. The van der Waals surface area contributed by atoms with Crippen LogP contribution in [0.2, 0.25) is 5.02 Å². The number of carbonyl (C=O) groups excluding carboxylic acids is 1. The fraction of sp³-hybridized carbons (Fsp3) is 0.0667. The Morgan fingerprint density at radius 3 is 2.82 bits per heavy atom. The second-order valence-corrected chi connectivity index (χ2v) is 4.86. The molecule has 0 aliphatic carbocycles. The summed E-state index contributed by atoms with van der Waals surface area (Å²) in [6.45, 7) is 0. The average Bonchev–Trinajstić information content (AvgIpc) is 2.54. The normalized spacial score (nSPS) is 10.9. The Bertz CT molecular complexity index is 664. The molecule has 0 bridgehead atoms. The number of nitrogens with one attached hydrogen (secondary N) is 2. The highest BCUT2D eigenvalue weighted by Gasteiger charge is 2.08. The van der Waals surface area contributed by atoms with E-state index in [9.17, 15) is 4.79 Å². The monoisotopic (exact) mass is 313 g/mol. The van der Waals surface area contributed by atoms with Crippen molar-refractivity contribution in [2.24, 2.45) is 5.84 Å². The number of benzene rings is 1. The number of hydrogen-bond donors (Lipinski definition) is 3. The molecule has 1 heterocycles.